The summed E-state index contributed by atoms with van der Waals surface area (Å²) in [5.41, 5.74) is 0. The standard InChI is InChI=1S/C10H13Cl3N2O5S/c11-10(12,13)6-20-21(18,19)14-5-8(16)15(9(14)17)7-3-1-2-4-7/h7H,1-6H2. The van der Waals surface area contributed by atoms with Crippen molar-refractivity contribution < 1.29 is 22.2 Å². The van der Waals surface area contributed by atoms with Gasteiger partial charge in [-0.2, -0.15) is 12.7 Å². The van der Waals surface area contributed by atoms with Crippen LogP contribution < -0.4 is 0 Å². The third-order valence-corrected chi connectivity index (χ3v) is 4.87. The van der Waals surface area contributed by atoms with Gasteiger partial charge in [0.25, 0.3) is 5.91 Å². The summed E-state index contributed by atoms with van der Waals surface area (Å²) in [6.07, 6.45) is 3.16. The van der Waals surface area contributed by atoms with Crippen LogP contribution in [-0.2, 0) is 19.3 Å². The molecule has 2 aliphatic rings. The van der Waals surface area contributed by atoms with Gasteiger partial charge >= 0.3 is 16.3 Å². The third-order valence-electron chi connectivity index (χ3n) is 3.30. The van der Waals surface area contributed by atoms with Gasteiger partial charge in [0, 0.05) is 6.04 Å². The number of carbonyl (C=O) groups excluding carboxylic acids is 2. The zero-order chi connectivity index (χ0) is 15.8. The number of urea groups is 1. The fraction of sp³-hybridized carbons (Fsp3) is 0.800. The highest BCUT2D eigenvalue weighted by Crippen LogP contribution is 2.30. The van der Waals surface area contributed by atoms with Crippen molar-refractivity contribution in [1.29, 1.82) is 0 Å². The maximum Gasteiger partial charge on any atom is 0.366 e. The van der Waals surface area contributed by atoms with Gasteiger partial charge in [-0.25, -0.2) is 8.98 Å². The Morgan fingerprint density at radius 1 is 1.19 bits per heavy atom. The van der Waals surface area contributed by atoms with E-state index in [2.05, 4.69) is 4.18 Å². The van der Waals surface area contributed by atoms with Crippen LogP contribution >= 0.6 is 34.8 Å². The molecule has 11 heteroatoms. The molecule has 0 atom stereocenters. The maximum absolute atomic E-state index is 12.1. The highest BCUT2D eigenvalue weighted by molar-refractivity contribution is 7.85. The van der Waals surface area contributed by atoms with Crippen molar-refractivity contribution in [3.8, 4) is 0 Å². The summed E-state index contributed by atoms with van der Waals surface area (Å²) < 4.78 is 26.8. The number of imide groups is 1. The van der Waals surface area contributed by atoms with E-state index in [1.54, 1.807) is 0 Å². The van der Waals surface area contributed by atoms with Gasteiger partial charge in [0.1, 0.15) is 13.2 Å². The van der Waals surface area contributed by atoms with Crippen LogP contribution in [0.15, 0.2) is 0 Å². The highest BCUT2D eigenvalue weighted by atomic mass is 35.6. The Morgan fingerprint density at radius 2 is 1.76 bits per heavy atom. The number of hydrogen-bond acceptors (Lipinski definition) is 5. The molecule has 2 fully saturated rings. The number of amides is 3. The van der Waals surface area contributed by atoms with Crippen molar-refractivity contribution in [2.75, 3.05) is 13.2 Å². The molecule has 1 aliphatic carbocycles. The minimum Gasteiger partial charge on any atom is -0.272 e. The van der Waals surface area contributed by atoms with Crippen LogP contribution in [0.2, 0.25) is 0 Å². The van der Waals surface area contributed by atoms with Gasteiger partial charge in [0.2, 0.25) is 3.79 Å². The first-order chi connectivity index (χ1) is 9.62. The zero-order valence-corrected chi connectivity index (χ0v) is 13.9. The Kier molecular flexibility index (Phi) is 4.94. The SMILES string of the molecule is O=C1CN(S(=O)(=O)OCC(Cl)(Cl)Cl)C(=O)N1C1CCCC1. The largest absolute Gasteiger partial charge is 0.366 e. The van der Waals surface area contributed by atoms with Gasteiger partial charge in [0.05, 0.1) is 0 Å². The molecule has 1 aliphatic heterocycles. The second-order valence-electron chi connectivity index (χ2n) is 4.83. The molecule has 7 nitrogen and oxygen atoms in total. The van der Waals surface area contributed by atoms with Gasteiger partial charge in [-0.05, 0) is 12.8 Å². The second kappa shape index (κ2) is 6.08. The molecular formula is C10H13Cl3N2O5S. The number of nitrogens with zero attached hydrogens (tertiary/aromatic N) is 2. The fourth-order valence-electron chi connectivity index (χ4n) is 2.40. The monoisotopic (exact) mass is 378 g/mol. The minimum absolute atomic E-state index is 0.252. The molecule has 0 radical (unpaired) electrons. The molecule has 3 amide bonds. The number of alkyl halides is 3. The smallest absolute Gasteiger partial charge is 0.272 e. The summed E-state index contributed by atoms with van der Waals surface area (Å²) in [4.78, 5) is 25.0. The topological polar surface area (TPSA) is 84.0 Å². The molecule has 2 rings (SSSR count). The van der Waals surface area contributed by atoms with Crippen LogP contribution in [0.5, 0.6) is 0 Å². The van der Waals surface area contributed by atoms with E-state index in [0.29, 0.717) is 17.1 Å². The third kappa shape index (κ3) is 3.92. The average molecular weight is 380 g/mol. The van der Waals surface area contributed by atoms with Crippen molar-refractivity contribution in [1.82, 2.24) is 9.21 Å². The molecule has 1 saturated heterocycles. The molecule has 0 aromatic carbocycles. The summed E-state index contributed by atoms with van der Waals surface area (Å²) in [5, 5.41) is 0. The summed E-state index contributed by atoms with van der Waals surface area (Å²) in [7, 11) is -4.47. The van der Waals surface area contributed by atoms with Crippen molar-refractivity contribution >= 4 is 57.0 Å². The first-order valence-electron chi connectivity index (χ1n) is 6.22. The van der Waals surface area contributed by atoms with Crippen molar-refractivity contribution in [2.24, 2.45) is 0 Å². The van der Waals surface area contributed by atoms with E-state index in [0.717, 1.165) is 17.7 Å². The van der Waals surface area contributed by atoms with Gasteiger partial charge < -0.3 is 0 Å². The van der Waals surface area contributed by atoms with Crippen LogP contribution in [0.1, 0.15) is 25.7 Å². The first kappa shape index (κ1) is 17.1. The predicted molar refractivity (Wildman–Crippen MR) is 76.4 cm³/mol. The zero-order valence-electron chi connectivity index (χ0n) is 10.8. The number of hydrogen-bond donors (Lipinski definition) is 0. The molecule has 0 bridgehead atoms. The Labute approximate surface area is 137 Å². The van der Waals surface area contributed by atoms with Gasteiger partial charge in [-0.1, -0.05) is 47.6 Å². The van der Waals surface area contributed by atoms with Gasteiger partial charge in [-0.3, -0.25) is 9.69 Å². The molecule has 0 unspecified atom stereocenters. The minimum atomic E-state index is -4.47. The number of carbonyl (C=O) groups is 2. The van der Waals surface area contributed by atoms with E-state index in [-0.39, 0.29) is 6.04 Å². The number of rotatable bonds is 4. The van der Waals surface area contributed by atoms with Crippen molar-refractivity contribution in [3.05, 3.63) is 0 Å². The van der Waals surface area contributed by atoms with Crippen LogP contribution in [-0.4, -0.2) is 52.5 Å². The number of halogens is 3. The average Bonchev–Trinajstić information content (AvgIpc) is 2.94. The maximum atomic E-state index is 12.1. The Bertz CT molecular complexity index is 541. The predicted octanol–water partition coefficient (Wildman–Crippen LogP) is 1.82. The Hall–Kier alpha value is -0.280. The molecule has 120 valence electrons. The molecule has 0 N–H and O–H groups in total. The summed E-state index contributed by atoms with van der Waals surface area (Å²) in [6, 6.07) is -1.16. The van der Waals surface area contributed by atoms with Crippen molar-refractivity contribution in [3.63, 3.8) is 0 Å². The summed E-state index contributed by atoms with van der Waals surface area (Å²) >= 11 is 16.2. The van der Waals surface area contributed by atoms with Crippen LogP contribution in [0.4, 0.5) is 4.79 Å². The second-order valence-corrected chi connectivity index (χ2v) is 8.87. The molecular weight excluding hydrogens is 367 g/mol. The molecule has 1 heterocycles. The van der Waals surface area contributed by atoms with E-state index >= 15 is 0 Å². The van der Waals surface area contributed by atoms with E-state index in [9.17, 15) is 18.0 Å². The molecule has 0 spiro atoms. The highest BCUT2D eigenvalue weighted by Gasteiger charge is 2.47. The van der Waals surface area contributed by atoms with Crippen molar-refractivity contribution in [2.45, 2.75) is 35.5 Å². The van der Waals surface area contributed by atoms with E-state index in [1.807, 2.05) is 0 Å². The lowest BCUT2D eigenvalue weighted by atomic mass is 10.2. The fourth-order valence-corrected chi connectivity index (χ4v) is 3.75. The van der Waals surface area contributed by atoms with Crippen LogP contribution in [0.25, 0.3) is 0 Å². The molecule has 0 aromatic heterocycles. The molecule has 21 heavy (non-hydrogen) atoms. The van der Waals surface area contributed by atoms with E-state index in [4.69, 9.17) is 34.8 Å². The molecule has 1 saturated carbocycles. The summed E-state index contributed by atoms with van der Waals surface area (Å²) in [5.74, 6) is -0.562. The lowest BCUT2D eigenvalue weighted by Gasteiger charge is -2.22. The van der Waals surface area contributed by atoms with E-state index < -0.39 is 39.2 Å². The van der Waals surface area contributed by atoms with Crippen LogP contribution in [0, 0.1) is 0 Å². The summed E-state index contributed by atoms with van der Waals surface area (Å²) in [6.45, 7) is -1.33. The quantitative estimate of drug-likeness (QED) is 0.549. The Morgan fingerprint density at radius 3 is 2.29 bits per heavy atom. The van der Waals surface area contributed by atoms with E-state index in [1.165, 1.54) is 0 Å². The normalized spacial score (nSPS) is 21.7. The lowest BCUT2D eigenvalue weighted by Crippen LogP contribution is -2.42. The van der Waals surface area contributed by atoms with Crippen LogP contribution in [0.3, 0.4) is 0 Å². The lowest BCUT2D eigenvalue weighted by molar-refractivity contribution is -0.126. The van der Waals surface area contributed by atoms with Gasteiger partial charge in [-0.15, -0.1) is 0 Å². The molecule has 0 aromatic rings. The van der Waals surface area contributed by atoms with Gasteiger partial charge in [0.15, 0.2) is 0 Å². The first-order valence-corrected chi connectivity index (χ1v) is 8.71. The Balaban J connectivity index is 2.10.